The number of thioether (sulfide) groups is 1. The van der Waals surface area contributed by atoms with Crippen LogP contribution in [-0.2, 0) is 0 Å². The van der Waals surface area contributed by atoms with E-state index in [0.29, 0.717) is 5.17 Å². The van der Waals surface area contributed by atoms with E-state index in [4.69, 9.17) is 5.73 Å². The second-order valence-corrected chi connectivity index (χ2v) is 4.55. The SMILES string of the molecule is CCCCS/C(N)=N/N=C/c1ccc(F)cc1. The molecule has 0 fully saturated rings. The van der Waals surface area contributed by atoms with Crippen molar-refractivity contribution in [2.24, 2.45) is 15.9 Å². The maximum Gasteiger partial charge on any atom is 0.180 e. The molecular formula is C12H16FN3S. The standard InChI is InChI=1S/C12H16FN3S/c1-2-3-8-17-12(14)16-15-9-10-4-6-11(13)7-5-10/h4-7,9H,2-3,8H2,1H3,(H2,14,16)/b15-9+. The Morgan fingerprint density at radius 2 is 2.12 bits per heavy atom. The van der Waals surface area contributed by atoms with Gasteiger partial charge in [0, 0.05) is 5.75 Å². The van der Waals surface area contributed by atoms with Gasteiger partial charge in [-0.3, -0.25) is 0 Å². The van der Waals surface area contributed by atoms with Crippen molar-refractivity contribution in [2.45, 2.75) is 19.8 Å². The summed E-state index contributed by atoms with van der Waals surface area (Å²) in [7, 11) is 0. The van der Waals surface area contributed by atoms with Crippen LogP contribution in [0.15, 0.2) is 34.5 Å². The molecule has 0 aliphatic heterocycles. The summed E-state index contributed by atoms with van der Waals surface area (Å²) in [6.45, 7) is 2.13. The average Bonchev–Trinajstić information content (AvgIpc) is 2.32. The zero-order chi connectivity index (χ0) is 12.5. The smallest absolute Gasteiger partial charge is 0.180 e. The van der Waals surface area contributed by atoms with Crippen LogP contribution in [0.2, 0.25) is 0 Å². The number of hydrogen-bond acceptors (Lipinski definition) is 3. The molecule has 0 aliphatic carbocycles. The first-order chi connectivity index (χ1) is 8.22. The van der Waals surface area contributed by atoms with Crippen molar-refractivity contribution in [1.29, 1.82) is 0 Å². The number of nitrogens with zero attached hydrogens (tertiary/aromatic N) is 2. The summed E-state index contributed by atoms with van der Waals surface area (Å²) < 4.78 is 12.6. The number of rotatable bonds is 5. The lowest BCUT2D eigenvalue weighted by Crippen LogP contribution is -2.06. The third-order valence-corrected chi connectivity index (χ3v) is 2.85. The van der Waals surface area contributed by atoms with E-state index in [1.54, 1.807) is 18.3 Å². The van der Waals surface area contributed by atoms with E-state index >= 15 is 0 Å². The zero-order valence-electron chi connectivity index (χ0n) is 9.77. The fourth-order valence-corrected chi connectivity index (χ4v) is 1.80. The lowest BCUT2D eigenvalue weighted by Gasteiger charge is -1.96. The van der Waals surface area contributed by atoms with Gasteiger partial charge in [-0.15, -0.1) is 5.10 Å². The van der Waals surface area contributed by atoms with Crippen LogP contribution in [0.4, 0.5) is 4.39 Å². The predicted molar refractivity (Wildman–Crippen MR) is 73.0 cm³/mol. The van der Waals surface area contributed by atoms with Crippen molar-refractivity contribution in [2.75, 3.05) is 5.75 Å². The van der Waals surface area contributed by atoms with Crippen molar-refractivity contribution in [3.63, 3.8) is 0 Å². The van der Waals surface area contributed by atoms with Crippen LogP contribution >= 0.6 is 11.8 Å². The van der Waals surface area contributed by atoms with Gasteiger partial charge in [0.1, 0.15) is 5.82 Å². The van der Waals surface area contributed by atoms with Crippen LogP contribution in [0.1, 0.15) is 25.3 Å². The highest BCUT2D eigenvalue weighted by Crippen LogP contribution is 2.04. The van der Waals surface area contributed by atoms with Gasteiger partial charge in [-0.05, 0) is 24.1 Å². The third kappa shape index (κ3) is 6.06. The van der Waals surface area contributed by atoms with Crippen LogP contribution < -0.4 is 5.73 Å². The molecule has 3 nitrogen and oxygen atoms in total. The molecule has 1 rings (SSSR count). The molecule has 0 aliphatic rings. The quantitative estimate of drug-likeness (QED) is 0.379. The van der Waals surface area contributed by atoms with Crippen LogP contribution in [0.5, 0.6) is 0 Å². The average molecular weight is 253 g/mol. The summed E-state index contributed by atoms with van der Waals surface area (Å²) in [5.41, 5.74) is 6.44. The molecule has 1 aromatic carbocycles. The number of amidine groups is 1. The molecule has 0 radical (unpaired) electrons. The minimum atomic E-state index is -0.264. The Morgan fingerprint density at radius 3 is 2.76 bits per heavy atom. The van der Waals surface area contributed by atoms with E-state index < -0.39 is 0 Å². The maximum atomic E-state index is 12.6. The van der Waals surface area contributed by atoms with Gasteiger partial charge in [0.05, 0.1) is 6.21 Å². The highest BCUT2D eigenvalue weighted by atomic mass is 32.2. The Balaban J connectivity index is 2.42. The molecule has 0 heterocycles. The van der Waals surface area contributed by atoms with Gasteiger partial charge in [0.2, 0.25) is 0 Å². The maximum absolute atomic E-state index is 12.6. The largest absolute Gasteiger partial charge is 0.377 e. The highest BCUT2D eigenvalue weighted by molar-refractivity contribution is 8.13. The molecule has 0 unspecified atom stereocenters. The number of benzene rings is 1. The van der Waals surface area contributed by atoms with E-state index in [1.807, 2.05) is 0 Å². The zero-order valence-corrected chi connectivity index (χ0v) is 10.6. The highest BCUT2D eigenvalue weighted by Gasteiger charge is 1.92. The summed E-state index contributed by atoms with van der Waals surface area (Å²) in [6.07, 6.45) is 3.80. The van der Waals surface area contributed by atoms with E-state index in [9.17, 15) is 4.39 Å². The summed E-state index contributed by atoms with van der Waals surface area (Å²) in [6, 6.07) is 6.03. The lowest BCUT2D eigenvalue weighted by molar-refractivity contribution is 0.628. The molecule has 0 atom stereocenters. The molecule has 0 saturated heterocycles. The first-order valence-electron chi connectivity index (χ1n) is 5.47. The van der Waals surface area contributed by atoms with Gasteiger partial charge < -0.3 is 5.73 Å². The van der Waals surface area contributed by atoms with E-state index in [-0.39, 0.29) is 5.82 Å². The second kappa shape index (κ2) is 7.84. The van der Waals surface area contributed by atoms with Crippen LogP contribution in [0.25, 0.3) is 0 Å². The van der Waals surface area contributed by atoms with Crippen molar-refractivity contribution >= 4 is 23.1 Å². The second-order valence-electron chi connectivity index (χ2n) is 3.44. The van der Waals surface area contributed by atoms with Crippen LogP contribution in [0, 0.1) is 5.82 Å². The summed E-state index contributed by atoms with van der Waals surface area (Å²) in [5, 5.41) is 8.15. The van der Waals surface area contributed by atoms with Crippen LogP contribution in [-0.4, -0.2) is 17.1 Å². The first kappa shape index (κ1) is 13.7. The van der Waals surface area contributed by atoms with E-state index in [0.717, 1.165) is 24.2 Å². The van der Waals surface area contributed by atoms with Crippen molar-refractivity contribution in [3.05, 3.63) is 35.6 Å². The summed E-state index contributed by atoms with van der Waals surface area (Å²) >= 11 is 1.49. The minimum Gasteiger partial charge on any atom is -0.377 e. The van der Waals surface area contributed by atoms with Crippen molar-refractivity contribution < 1.29 is 4.39 Å². The molecular weight excluding hydrogens is 237 g/mol. The minimum absolute atomic E-state index is 0.264. The predicted octanol–water partition coefficient (Wildman–Crippen LogP) is 3.01. The lowest BCUT2D eigenvalue weighted by atomic mass is 10.2. The molecule has 0 saturated carbocycles. The fourth-order valence-electron chi connectivity index (χ4n) is 1.05. The molecule has 0 aromatic heterocycles. The van der Waals surface area contributed by atoms with Crippen LogP contribution in [0.3, 0.4) is 0 Å². The number of halogens is 1. The normalized spacial score (nSPS) is 12.2. The fraction of sp³-hybridized carbons (Fsp3) is 0.333. The molecule has 1 aromatic rings. The Kier molecular flexibility index (Phi) is 6.32. The van der Waals surface area contributed by atoms with E-state index in [1.165, 1.54) is 23.9 Å². The summed E-state index contributed by atoms with van der Waals surface area (Å²) in [5.74, 6) is 0.693. The Hall–Kier alpha value is -1.36. The number of hydrogen-bond donors (Lipinski definition) is 1. The Labute approximate surface area is 105 Å². The van der Waals surface area contributed by atoms with Gasteiger partial charge in [-0.25, -0.2) is 4.39 Å². The molecule has 0 amide bonds. The number of nitrogens with two attached hydrogens (primary N) is 1. The summed E-state index contributed by atoms with van der Waals surface area (Å²) in [4.78, 5) is 0. The molecule has 0 spiro atoms. The van der Waals surface area contributed by atoms with Gasteiger partial charge >= 0.3 is 0 Å². The monoisotopic (exact) mass is 253 g/mol. The third-order valence-electron chi connectivity index (χ3n) is 1.98. The van der Waals surface area contributed by atoms with Gasteiger partial charge in [-0.2, -0.15) is 5.10 Å². The van der Waals surface area contributed by atoms with Gasteiger partial charge in [-0.1, -0.05) is 37.2 Å². The first-order valence-corrected chi connectivity index (χ1v) is 6.46. The van der Waals surface area contributed by atoms with E-state index in [2.05, 4.69) is 17.1 Å². The van der Waals surface area contributed by atoms with Gasteiger partial charge in [0.15, 0.2) is 5.17 Å². The van der Waals surface area contributed by atoms with Crippen molar-refractivity contribution in [3.8, 4) is 0 Å². The van der Waals surface area contributed by atoms with Crippen molar-refractivity contribution in [1.82, 2.24) is 0 Å². The Bertz CT molecular complexity index is 387. The van der Waals surface area contributed by atoms with Gasteiger partial charge in [0.25, 0.3) is 0 Å². The Morgan fingerprint density at radius 1 is 1.41 bits per heavy atom. The molecule has 0 bridgehead atoms. The molecule has 17 heavy (non-hydrogen) atoms. The topological polar surface area (TPSA) is 50.7 Å². The molecule has 2 N–H and O–H groups in total. The molecule has 92 valence electrons. The molecule has 5 heteroatoms. The number of unbranched alkanes of at least 4 members (excludes halogenated alkanes) is 1.